The minimum atomic E-state index is -0.217. The van der Waals surface area contributed by atoms with Crippen LogP contribution in [0, 0.1) is 11.3 Å². The number of methoxy groups -OCH3 is 1. The first-order valence-electron chi connectivity index (χ1n) is 12.7. The van der Waals surface area contributed by atoms with Gasteiger partial charge in [0.15, 0.2) is 11.5 Å². The molecule has 0 radical (unpaired) electrons. The number of hydrogen-bond donors (Lipinski definition) is 0. The zero-order chi connectivity index (χ0) is 27.4. The van der Waals surface area contributed by atoms with Gasteiger partial charge < -0.3 is 9.47 Å². The Bertz CT molecular complexity index is 1650. The standard InChI is InChI=1S/C30H26Br2N4O3/c1-38-27-15-24(32)13-22(28(27)39-18-21-10-6-5-9-20(21)16-33)17-34-36-29(19-7-3-2-4-8-19)35-26-12-11-23(31)14-25(26)30(36)37/h5-6,9-15,17,19H,2-4,7-8,18H2,1H3. The van der Waals surface area contributed by atoms with Crippen LogP contribution in [0.3, 0.4) is 0 Å². The Morgan fingerprint density at radius 2 is 1.90 bits per heavy atom. The average molecular weight is 650 g/mol. The van der Waals surface area contributed by atoms with Gasteiger partial charge in [-0.1, -0.05) is 69.3 Å². The van der Waals surface area contributed by atoms with Crippen molar-refractivity contribution in [3.63, 3.8) is 0 Å². The van der Waals surface area contributed by atoms with Gasteiger partial charge in [-0.3, -0.25) is 4.79 Å². The van der Waals surface area contributed by atoms with Gasteiger partial charge in [0.05, 0.1) is 35.9 Å². The Hall–Kier alpha value is -3.48. The SMILES string of the molecule is COc1cc(Br)cc(C=Nn2c(C3CCCCC3)nc3ccc(Br)cc3c2=O)c1OCc1ccccc1C#N. The van der Waals surface area contributed by atoms with Crippen molar-refractivity contribution in [3.8, 4) is 17.6 Å². The molecule has 9 heteroatoms. The monoisotopic (exact) mass is 648 g/mol. The van der Waals surface area contributed by atoms with Crippen LogP contribution in [0.5, 0.6) is 11.5 Å². The third-order valence-electron chi connectivity index (χ3n) is 6.89. The lowest BCUT2D eigenvalue weighted by Gasteiger charge is -2.23. The number of benzene rings is 3. The molecule has 0 aliphatic heterocycles. The van der Waals surface area contributed by atoms with Gasteiger partial charge in [0.2, 0.25) is 0 Å². The molecule has 4 aromatic rings. The molecule has 0 bridgehead atoms. The number of hydrogen-bond acceptors (Lipinski definition) is 6. The summed E-state index contributed by atoms with van der Waals surface area (Å²) in [5.74, 6) is 1.80. The largest absolute Gasteiger partial charge is 0.493 e. The van der Waals surface area contributed by atoms with E-state index in [0.717, 1.165) is 40.2 Å². The number of aromatic nitrogens is 2. The van der Waals surface area contributed by atoms with Crippen LogP contribution in [0.2, 0.25) is 0 Å². The predicted molar refractivity (Wildman–Crippen MR) is 159 cm³/mol. The molecule has 5 rings (SSSR count). The zero-order valence-corrected chi connectivity index (χ0v) is 24.5. The van der Waals surface area contributed by atoms with Crippen LogP contribution in [0.1, 0.15) is 60.5 Å². The van der Waals surface area contributed by atoms with Crippen molar-refractivity contribution in [3.05, 3.63) is 96.4 Å². The summed E-state index contributed by atoms with van der Waals surface area (Å²) in [5, 5.41) is 14.7. The van der Waals surface area contributed by atoms with Crippen LogP contribution in [0.15, 0.2) is 73.4 Å². The zero-order valence-electron chi connectivity index (χ0n) is 21.4. The maximum absolute atomic E-state index is 13.7. The molecule has 0 unspecified atom stereocenters. The highest BCUT2D eigenvalue weighted by atomic mass is 79.9. The van der Waals surface area contributed by atoms with E-state index in [-0.39, 0.29) is 18.1 Å². The van der Waals surface area contributed by atoms with Crippen LogP contribution in [0.4, 0.5) is 0 Å². The molecule has 0 amide bonds. The maximum atomic E-state index is 13.7. The molecule has 1 heterocycles. The second-order valence-corrected chi connectivity index (χ2v) is 11.2. The molecule has 0 saturated heterocycles. The summed E-state index contributed by atoms with van der Waals surface area (Å²) in [4.78, 5) is 18.6. The quantitative estimate of drug-likeness (QED) is 0.196. The minimum absolute atomic E-state index is 0.159. The van der Waals surface area contributed by atoms with Crippen LogP contribution in [0.25, 0.3) is 10.9 Å². The highest BCUT2D eigenvalue weighted by Crippen LogP contribution is 2.35. The van der Waals surface area contributed by atoms with Crippen LogP contribution in [-0.2, 0) is 6.61 Å². The summed E-state index contributed by atoms with van der Waals surface area (Å²) in [7, 11) is 1.57. The smallest absolute Gasteiger partial charge is 0.282 e. The summed E-state index contributed by atoms with van der Waals surface area (Å²) < 4.78 is 14.8. The number of halogens is 2. The Labute approximate surface area is 243 Å². The molecular formula is C30H26Br2N4O3. The van der Waals surface area contributed by atoms with Crippen molar-refractivity contribution in [2.45, 2.75) is 44.6 Å². The molecule has 198 valence electrons. The third kappa shape index (κ3) is 5.92. The molecular weight excluding hydrogens is 624 g/mol. The van der Waals surface area contributed by atoms with E-state index >= 15 is 0 Å². The lowest BCUT2D eigenvalue weighted by molar-refractivity contribution is 0.283. The van der Waals surface area contributed by atoms with Gasteiger partial charge in [0, 0.05) is 26.0 Å². The normalized spacial score (nSPS) is 14.0. The summed E-state index contributed by atoms with van der Waals surface area (Å²) in [5.41, 5.74) is 2.37. The highest BCUT2D eigenvalue weighted by Gasteiger charge is 2.23. The first-order chi connectivity index (χ1) is 19.0. The van der Waals surface area contributed by atoms with Crippen LogP contribution >= 0.6 is 31.9 Å². The fourth-order valence-electron chi connectivity index (χ4n) is 4.92. The molecule has 1 aromatic heterocycles. The van der Waals surface area contributed by atoms with E-state index in [0.29, 0.717) is 39.4 Å². The van der Waals surface area contributed by atoms with Gasteiger partial charge >= 0.3 is 0 Å². The first-order valence-corrected chi connectivity index (χ1v) is 14.3. The predicted octanol–water partition coefficient (Wildman–Crippen LogP) is 7.31. The Kier molecular flexibility index (Phi) is 8.44. The van der Waals surface area contributed by atoms with Gasteiger partial charge in [-0.15, -0.1) is 0 Å². The molecule has 0 N–H and O–H groups in total. The fourth-order valence-corrected chi connectivity index (χ4v) is 5.73. The van der Waals surface area contributed by atoms with Crippen molar-refractivity contribution in [2.24, 2.45) is 5.10 Å². The van der Waals surface area contributed by atoms with Gasteiger partial charge in [-0.2, -0.15) is 15.0 Å². The van der Waals surface area contributed by atoms with Crippen molar-refractivity contribution >= 4 is 49.0 Å². The summed E-state index contributed by atoms with van der Waals surface area (Å²) in [6, 6.07) is 18.7. The molecule has 7 nitrogen and oxygen atoms in total. The third-order valence-corrected chi connectivity index (χ3v) is 7.85. The second-order valence-electron chi connectivity index (χ2n) is 9.41. The Morgan fingerprint density at radius 3 is 2.67 bits per heavy atom. The Balaban J connectivity index is 1.59. The van der Waals surface area contributed by atoms with Gasteiger partial charge in [0.25, 0.3) is 5.56 Å². The molecule has 0 spiro atoms. The molecule has 1 aliphatic rings. The van der Waals surface area contributed by atoms with Crippen molar-refractivity contribution < 1.29 is 9.47 Å². The first kappa shape index (κ1) is 27.1. The van der Waals surface area contributed by atoms with Crippen molar-refractivity contribution in [1.29, 1.82) is 5.26 Å². The lowest BCUT2D eigenvalue weighted by atomic mass is 9.88. The molecule has 1 fully saturated rings. The summed E-state index contributed by atoms with van der Waals surface area (Å²) >= 11 is 7.01. The molecule has 3 aromatic carbocycles. The van der Waals surface area contributed by atoms with E-state index in [1.807, 2.05) is 36.4 Å². The Morgan fingerprint density at radius 1 is 1.10 bits per heavy atom. The van der Waals surface area contributed by atoms with Gasteiger partial charge in [-0.05, 0) is 49.2 Å². The van der Waals surface area contributed by atoms with Crippen molar-refractivity contribution in [2.75, 3.05) is 7.11 Å². The highest BCUT2D eigenvalue weighted by molar-refractivity contribution is 9.10. The number of ether oxygens (including phenoxy) is 2. The van der Waals surface area contributed by atoms with Gasteiger partial charge in [-0.25, -0.2) is 4.98 Å². The number of rotatable bonds is 7. The number of fused-ring (bicyclic) bond motifs is 1. The van der Waals surface area contributed by atoms with E-state index in [9.17, 15) is 10.1 Å². The van der Waals surface area contributed by atoms with Gasteiger partial charge in [0.1, 0.15) is 12.4 Å². The molecule has 1 aliphatic carbocycles. The topological polar surface area (TPSA) is 89.5 Å². The van der Waals surface area contributed by atoms with Crippen molar-refractivity contribution in [1.82, 2.24) is 9.66 Å². The summed E-state index contributed by atoms with van der Waals surface area (Å²) in [6.07, 6.45) is 6.96. The molecule has 39 heavy (non-hydrogen) atoms. The van der Waals surface area contributed by atoms with E-state index < -0.39 is 0 Å². The number of nitriles is 1. The van der Waals surface area contributed by atoms with Crippen LogP contribution in [-0.4, -0.2) is 23.0 Å². The maximum Gasteiger partial charge on any atom is 0.282 e. The van der Waals surface area contributed by atoms with E-state index in [1.165, 1.54) is 11.1 Å². The molecule has 0 atom stereocenters. The lowest BCUT2D eigenvalue weighted by Crippen LogP contribution is -2.25. The second kappa shape index (κ2) is 12.1. The summed E-state index contributed by atoms with van der Waals surface area (Å²) in [6.45, 7) is 0.168. The van der Waals surface area contributed by atoms with E-state index in [2.05, 4.69) is 43.0 Å². The van der Waals surface area contributed by atoms with Crippen LogP contribution < -0.4 is 15.0 Å². The average Bonchev–Trinajstić information content (AvgIpc) is 2.96. The van der Waals surface area contributed by atoms with E-state index in [1.54, 1.807) is 31.5 Å². The minimum Gasteiger partial charge on any atom is -0.493 e. The molecule has 1 saturated carbocycles. The van der Waals surface area contributed by atoms with E-state index in [4.69, 9.17) is 14.5 Å². The number of nitrogens with zero attached hydrogens (tertiary/aromatic N) is 4. The fraction of sp³-hybridized carbons (Fsp3) is 0.267.